The Hall–Kier alpha value is -1.59. The fourth-order valence-electron chi connectivity index (χ4n) is 2.67. The van der Waals surface area contributed by atoms with Crippen LogP contribution in [0.25, 0.3) is 0 Å². The molecule has 0 unspecified atom stereocenters. The molecule has 114 valence electrons. The number of hydrogen-bond donors (Lipinski definition) is 3. The number of carboxylic acids is 1. The normalized spacial score (nSPS) is 18.8. The smallest absolute Gasteiger partial charge is 0.330 e. The first-order valence-corrected chi connectivity index (χ1v) is 7.39. The van der Waals surface area contributed by atoms with Gasteiger partial charge in [-0.2, -0.15) is 0 Å². The minimum absolute atomic E-state index is 0.305. The highest BCUT2D eigenvalue weighted by Crippen LogP contribution is 2.28. The van der Waals surface area contributed by atoms with Crippen molar-refractivity contribution in [2.24, 2.45) is 5.73 Å². The molecular weight excluding hydrogens is 292 g/mol. The Bertz CT molecular complexity index is 541. The molecule has 6 heteroatoms. The Kier molecular flexibility index (Phi) is 4.85. The summed E-state index contributed by atoms with van der Waals surface area (Å²) in [6.07, 6.45) is 3.97. The van der Waals surface area contributed by atoms with Crippen molar-refractivity contribution in [1.29, 1.82) is 0 Å². The summed E-state index contributed by atoms with van der Waals surface area (Å²) in [7, 11) is 0. The summed E-state index contributed by atoms with van der Waals surface area (Å²) < 4.78 is 0. The van der Waals surface area contributed by atoms with Gasteiger partial charge < -0.3 is 16.2 Å². The SMILES string of the molecule is NC1(C(=O)N[C@@H](C(=O)O)c2ccccc2Cl)CCCCC1. The van der Waals surface area contributed by atoms with Crippen LogP contribution >= 0.6 is 11.6 Å². The third kappa shape index (κ3) is 3.54. The van der Waals surface area contributed by atoms with Gasteiger partial charge in [0.25, 0.3) is 0 Å². The second-order valence-electron chi connectivity index (χ2n) is 5.48. The van der Waals surface area contributed by atoms with Crippen LogP contribution in [0.1, 0.15) is 43.7 Å². The number of nitrogens with one attached hydrogen (secondary N) is 1. The Labute approximate surface area is 128 Å². The van der Waals surface area contributed by atoms with Gasteiger partial charge in [-0.05, 0) is 18.9 Å². The molecule has 4 N–H and O–H groups in total. The number of carbonyl (C=O) groups is 2. The third-order valence-electron chi connectivity index (χ3n) is 3.94. The standard InChI is InChI=1S/C15H19ClN2O3/c16-11-7-3-2-6-10(11)12(13(19)20)18-14(21)15(17)8-4-1-5-9-15/h2-3,6-7,12H,1,4-5,8-9,17H2,(H,18,21)(H,19,20)/t12-/m1/s1. The summed E-state index contributed by atoms with van der Waals surface area (Å²) in [6, 6.07) is 5.39. The van der Waals surface area contributed by atoms with E-state index in [4.69, 9.17) is 17.3 Å². The summed E-state index contributed by atoms with van der Waals surface area (Å²) >= 11 is 6.02. The molecule has 1 aromatic carbocycles. The zero-order chi connectivity index (χ0) is 15.5. The molecule has 1 aliphatic rings. The summed E-state index contributed by atoms with van der Waals surface area (Å²) in [4.78, 5) is 23.8. The first-order chi connectivity index (χ1) is 9.94. The van der Waals surface area contributed by atoms with Crippen LogP contribution in [0.3, 0.4) is 0 Å². The van der Waals surface area contributed by atoms with Crippen molar-refractivity contribution in [3.63, 3.8) is 0 Å². The first-order valence-electron chi connectivity index (χ1n) is 7.01. The summed E-state index contributed by atoms with van der Waals surface area (Å²) in [5, 5.41) is 12.2. The zero-order valence-corrected chi connectivity index (χ0v) is 12.4. The summed E-state index contributed by atoms with van der Waals surface area (Å²) in [6.45, 7) is 0. The van der Waals surface area contributed by atoms with Crippen molar-refractivity contribution >= 4 is 23.5 Å². The van der Waals surface area contributed by atoms with E-state index >= 15 is 0 Å². The lowest BCUT2D eigenvalue weighted by Gasteiger charge is -2.33. The Balaban J connectivity index is 2.19. The van der Waals surface area contributed by atoms with E-state index in [-0.39, 0.29) is 0 Å². The molecule has 1 fully saturated rings. The molecule has 5 nitrogen and oxygen atoms in total. The number of rotatable bonds is 4. The molecule has 1 aliphatic carbocycles. The van der Waals surface area contributed by atoms with E-state index in [1.807, 2.05) is 0 Å². The predicted octanol–water partition coefficient (Wildman–Crippen LogP) is 2.24. The average Bonchev–Trinajstić information content (AvgIpc) is 2.46. The van der Waals surface area contributed by atoms with E-state index in [9.17, 15) is 14.7 Å². The predicted molar refractivity (Wildman–Crippen MR) is 80.0 cm³/mol. The van der Waals surface area contributed by atoms with Crippen LogP contribution < -0.4 is 11.1 Å². The van der Waals surface area contributed by atoms with Crippen molar-refractivity contribution in [2.45, 2.75) is 43.7 Å². The first kappa shape index (κ1) is 15.8. The molecule has 2 rings (SSSR count). The quantitative estimate of drug-likeness (QED) is 0.795. The lowest BCUT2D eigenvalue weighted by molar-refractivity contribution is -0.143. The number of hydrogen-bond acceptors (Lipinski definition) is 3. The van der Waals surface area contributed by atoms with Crippen molar-refractivity contribution in [3.8, 4) is 0 Å². The lowest BCUT2D eigenvalue weighted by Crippen LogP contribution is -2.56. The highest BCUT2D eigenvalue weighted by Gasteiger charge is 2.37. The van der Waals surface area contributed by atoms with Crippen LogP contribution in [0.4, 0.5) is 0 Å². The highest BCUT2D eigenvalue weighted by molar-refractivity contribution is 6.31. The molecule has 0 saturated heterocycles. The van der Waals surface area contributed by atoms with E-state index in [1.54, 1.807) is 24.3 Å². The van der Waals surface area contributed by atoms with Gasteiger partial charge in [0.05, 0.1) is 5.54 Å². The summed E-state index contributed by atoms with van der Waals surface area (Å²) in [5.41, 5.74) is 5.51. The van der Waals surface area contributed by atoms with Gasteiger partial charge in [0.1, 0.15) is 0 Å². The number of amides is 1. The van der Waals surface area contributed by atoms with Crippen LogP contribution in [0.15, 0.2) is 24.3 Å². The van der Waals surface area contributed by atoms with E-state index in [0.717, 1.165) is 19.3 Å². The molecule has 0 heterocycles. The minimum Gasteiger partial charge on any atom is -0.479 e. The van der Waals surface area contributed by atoms with Crippen LogP contribution in [-0.2, 0) is 9.59 Å². The van der Waals surface area contributed by atoms with Gasteiger partial charge in [-0.25, -0.2) is 4.79 Å². The van der Waals surface area contributed by atoms with Gasteiger partial charge in [-0.3, -0.25) is 4.79 Å². The average molecular weight is 311 g/mol. The van der Waals surface area contributed by atoms with Crippen LogP contribution in [-0.4, -0.2) is 22.5 Å². The Morgan fingerprint density at radius 2 is 1.86 bits per heavy atom. The van der Waals surface area contributed by atoms with Crippen molar-refractivity contribution in [2.75, 3.05) is 0 Å². The van der Waals surface area contributed by atoms with E-state index in [1.165, 1.54) is 0 Å². The number of carboxylic acid groups (broad SMARTS) is 1. The fourth-order valence-corrected chi connectivity index (χ4v) is 2.91. The molecule has 0 bridgehead atoms. The van der Waals surface area contributed by atoms with E-state index in [2.05, 4.69) is 5.32 Å². The molecule has 1 atom stereocenters. The maximum Gasteiger partial charge on any atom is 0.330 e. The lowest BCUT2D eigenvalue weighted by atomic mass is 9.81. The maximum atomic E-state index is 12.4. The van der Waals surface area contributed by atoms with Gasteiger partial charge in [0, 0.05) is 10.6 Å². The maximum absolute atomic E-state index is 12.4. The monoisotopic (exact) mass is 310 g/mol. The second kappa shape index (κ2) is 6.45. The molecule has 0 spiro atoms. The fraction of sp³-hybridized carbons (Fsp3) is 0.467. The number of halogens is 1. The number of benzene rings is 1. The zero-order valence-electron chi connectivity index (χ0n) is 11.6. The molecule has 0 radical (unpaired) electrons. The minimum atomic E-state index is -1.19. The van der Waals surface area contributed by atoms with E-state index in [0.29, 0.717) is 23.4 Å². The van der Waals surface area contributed by atoms with Crippen LogP contribution in [0.5, 0.6) is 0 Å². The van der Waals surface area contributed by atoms with Gasteiger partial charge in [-0.1, -0.05) is 49.1 Å². The van der Waals surface area contributed by atoms with Gasteiger partial charge >= 0.3 is 5.97 Å². The number of aliphatic carboxylic acids is 1. The molecule has 1 amide bonds. The molecule has 1 aromatic rings. The molecular formula is C15H19ClN2O3. The molecule has 0 aromatic heterocycles. The highest BCUT2D eigenvalue weighted by atomic mass is 35.5. The van der Waals surface area contributed by atoms with Crippen LogP contribution in [0, 0.1) is 0 Å². The molecule has 0 aliphatic heterocycles. The molecule has 1 saturated carbocycles. The van der Waals surface area contributed by atoms with Gasteiger partial charge in [0.15, 0.2) is 6.04 Å². The van der Waals surface area contributed by atoms with Crippen LogP contribution in [0.2, 0.25) is 5.02 Å². The Morgan fingerprint density at radius 1 is 1.24 bits per heavy atom. The largest absolute Gasteiger partial charge is 0.479 e. The van der Waals surface area contributed by atoms with Crippen molar-refractivity contribution in [3.05, 3.63) is 34.9 Å². The molecule has 21 heavy (non-hydrogen) atoms. The number of carbonyl (C=O) groups excluding carboxylic acids is 1. The second-order valence-corrected chi connectivity index (χ2v) is 5.89. The number of nitrogens with two attached hydrogens (primary N) is 1. The van der Waals surface area contributed by atoms with Gasteiger partial charge in [0.2, 0.25) is 5.91 Å². The Morgan fingerprint density at radius 3 is 2.43 bits per heavy atom. The third-order valence-corrected chi connectivity index (χ3v) is 4.28. The topological polar surface area (TPSA) is 92.4 Å². The van der Waals surface area contributed by atoms with Crippen molar-refractivity contribution < 1.29 is 14.7 Å². The van der Waals surface area contributed by atoms with Crippen molar-refractivity contribution in [1.82, 2.24) is 5.32 Å². The summed E-state index contributed by atoms with van der Waals surface area (Å²) in [5.74, 6) is -1.58. The van der Waals surface area contributed by atoms with E-state index < -0.39 is 23.5 Å². The van der Waals surface area contributed by atoms with Gasteiger partial charge in [-0.15, -0.1) is 0 Å².